The normalized spacial score (nSPS) is 12.5. The van der Waals surface area contributed by atoms with Crippen LogP contribution in [0.4, 0.5) is 0 Å². The van der Waals surface area contributed by atoms with Gasteiger partial charge in [0.25, 0.3) is 0 Å². The molecule has 0 saturated heterocycles. The van der Waals surface area contributed by atoms with Crippen molar-refractivity contribution in [3.63, 3.8) is 0 Å². The van der Waals surface area contributed by atoms with E-state index in [1.807, 2.05) is 30.5 Å². The van der Waals surface area contributed by atoms with Gasteiger partial charge < -0.3 is 15.5 Å². The number of unbranched alkanes of at least 4 members (excludes halogenated alkanes) is 4. The number of rotatable bonds is 9. The number of esters is 1. The number of para-hydroxylation sites is 1. The van der Waals surface area contributed by atoms with Crippen LogP contribution >= 0.6 is 0 Å². The van der Waals surface area contributed by atoms with E-state index >= 15 is 0 Å². The predicted octanol–water partition coefficient (Wildman–Crippen LogP) is 3.55. The van der Waals surface area contributed by atoms with E-state index < -0.39 is 6.04 Å². The van der Waals surface area contributed by atoms with Gasteiger partial charge in [0.1, 0.15) is 6.04 Å². The number of H-pyrrole nitrogens is 1. The Morgan fingerprint density at radius 2 is 2.00 bits per heavy atom. The first kappa shape index (κ1) is 16.6. The lowest BCUT2D eigenvalue weighted by atomic mass is 10.1. The van der Waals surface area contributed by atoms with E-state index in [9.17, 15) is 4.79 Å². The highest BCUT2D eigenvalue weighted by Gasteiger charge is 2.17. The number of benzene rings is 1. The van der Waals surface area contributed by atoms with E-state index in [1.165, 1.54) is 19.3 Å². The van der Waals surface area contributed by atoms with E-state index in [2.05, 4.69) is 11.9 Å². The molecule has 1 heterocycles. The van der Waals surface area contributed by atoms with Crippen LogP contribution in [0.1, 0.15) is 44.6 Å². The number of nitrogens with two attached hydrogens (primary N) is 1. The van der Waals surface area contributed by atoms with Crippen LogP contribution in [0.5, 0.6) is 0 Å². The molecule has 1 aromatic heterocycles. The zero-order valence-electron chi connectivity index (χ0n) is 13.3. The van der Waals surface area contributed by atoms with Gasteiger partial charge in [0.05, 0.1) is 6.61 Å². The molecule has 0 fully saturated rings. The third-order valence-corrected chi connectivity index (χ3v) is 3.91. The fourth-order valence-electron chi connectivity index (χ4n) is 2.61. The monoisotopic (exact) mass is 302 g/mol. The maximum absolute atomic E-state index is 11.9. The fourth-order valence-corrected chi connectivity index (χ4v) is 2.61. The van der Waals surface area contributed by atoms with Crippen molar-refractivity contribution < 1.29 is 9.53 Å². The first-order chi connectivity index (χ1) is 10.7. The molecule has 0 aliphatic carbocycles. The lowest BCUT2D eigenvalue weighted by Gasteiger charge is -2.11. The maximum atomic E-state index is 11.9. The Bertz CT molecular complexity index is 592. The second-order valence-electron chi connectivity index (χ2n) is 5.75. The van der Waals surface area contributed by atoms with Crippen molar-refractivity contribution in [3.8, 4) is 0 Å². The molecule has 0 saturated carbocycles. The largest absolute Gasteiger partial charge is 0.465 e. The van der Waals surface area contributed by atoms with Gasteiger partial charge in [0, 0.05) is 23.5 Å². The van der Waals surface area contributed by atoms with Crippen molar-refractivity contribution in [2.75, 3.05) is 6.61 Å². The first-order valence-corrected chi connectivity index (χ1v) is 8.19. The summed E-state index contributed by atoms with van der Waals surface area (Å²) in [6.45, 7) is 2.66. The minimum absolute atomic E-state index is 0.305. The summed E-state index contributed by atoms with van der Waals surface area (Å²) in [5.74, 6) is -0.305. The van der Waals surface area contributed by atoms with Gasteiger partial charge in [-0.25, -0.2) is 0 Å². The van der Waals surface area contributed by atoms with Crippen LogP contribution in [0.3, 0.4) is 0 Å². The highest BCUT2D eigenvalue weighted by molar-refractivity contribution is 5.84. The van der Waals surface area contributed by atoms with Crippen LogP contribution in [0.15, 0.2) is 30.5 Å². The Balaban J connectivity index is 1.76. The quantitative estimate of drug-likeness (QED) is 0.550. The molecule has 22 heavy (non-hydrogen) atoms. The van der Waals surface area contributed by atoms with Crippen LogP contribution in [0.2, 0.25) is 0 Å². The zero-order valence-corrected chi connectivity index (χ0v) is 13.3. The Labute approximate surface area is 132 Å². The molecule has 0 amide bonds. The highest BCUT2D eigenvalue weighted by Crippen LogP contribution is 2.19. The molecular formula is C18H26N2O2. The first-order valence-electron chi connectivity index (χ1n) is 8.19. The summed E-state index contributed by atoms with van der Waals surface area (Å²) in [5, 5.41) is 1.12. The summed E-state index contributed by atoms with van der Waals surface area (Å²) in [6.07, 6.45) is 8.12. The minimum Gasteiger partial charge on any atom is -0.465 e. The van der Waals surface area contributed by atoms with Gasteiger partial charge >= 0.3 is 5.97 Å². The molecular weight excluding hydrogens is 276 g/mol. The molecule has 4 heteroatoms. The van der Waals surface area contributed by atoms with Crippen molar-refractivity contribution in [1.29, 1.82) is 0 Å². The summed E-state index contributed by atoms with van der Waals surface area (Å²) >= 11 is 0. The summed E-state index contributed by atoms with van der Waals surface area (Å²) in [7, 11) is 0. The second-order valence-corrected chi connectivity index (χ2v) is 5.75. The lowest BCUT2D eigenvalue weighted by molar-refractivity contribution is -0.145. The number of aromatic nitrogens is 1. The summed E-state index contributed by atoms with van der Waals surface area (Å²) in [6, 6.07) is 7.41. The summed E-state index contributed by atoms with van der Waals surface area (Å²) < 4.78 is 5.27. The molecule has 0 spiro atoms. The van der Waals surface area contributed by atoms with E-state index in [1.54, 1.807) is 0 Å². The van der Waals surface area contributed by atoms with Gasteiger partial charge in [-0.1, -0.05) is 50.8 Å². The van der Waals surface area contributed by atoms with Gasteiger partial charge in [0.2, 0.25) is 0 Å². The number of nitrogens with one attached hydrogen (secondary N) is 1. The van der Waals surface area contributed by atoms with Crippen molar-refractivity contribution in [2.24, 2.45) is 5.73 Å². The number of ether oxygens (including phenoxy) is 1. The zero-order chi connectivity index (χ0) is 15.8. The summed E-state index contributed by atoms with van der Waals surface area (Å²) in [4.78, 5) is 15.1. The molecule has 2 aromatic rings. The number of carbonyl (C=O) groups excluding carboxylic acids is 1. The van der Waals surface area contributed by atoms with Gasteiger partial charge in [-0.05, 0) is 18.1 Å². The molecule has 0 unspecified atom stereocenters. The minimum atomic E-state index is -0.602. The molecule has 1 aromatic carbocycles. The molecule has 0 bridgehead atoms. The average molecular weight is 302 g/mol. The smallest absolute Gasteiger partial charge is 0.323 e. The number of carbonyl (C=O) groups is 1. The van der Waals surface area contributed by atoms with Gasteiger partial charge in [-0.2, -0.15) is 0 Å². The van der Waals surface area contributed by atoms with Gasteiger partial charge in [-0.3, -0.25) is 4.79 Å². The number of fused-ring (bicyclic) bond motifs is 1. The Hall–Kier alpha value is -1.81. The van der Waals surface area contributed by atoms with E-state index in [4.69, 9.17) is 10.5 Å². The Morgan fingerprint density at radius 1 is 1.23 bits per heavy atom. The summed E-state index contributed by atoms with van der Waals surface area (Å²) in [5.41, 5.74) is 8.10. The molecule has 0 aliphatic rings. The molecule has 0 aliphatic heterocycles. The molecule has 2 rings (SSSR count). The maximum Gasteiger partial charge on any atom is 0.323 e. The molecule has 0 radical (unpaired) electrons. The van der Waals surface area contributed by atoms with E-state index in [0.29, 0.717) is 13.0 Å². The van der Waals surface area contributed by atoms with Crippen molar-refractivity contribution in [2.45, 2.75) is 51.5 Å². The van der Waals surface area contributed by atoms with Gasteiger partial charge in [0.15, 0.2) is 0 Å². The predicted molar refractivity (Wildman–Crippen MR) is 89.7 cm³/mol. The van der Waals surface area contributed by atoms with Crippen LogP contribution in [-0.4, -0.2) is 23.6 Å². The lowest BCUT2D eigenvalue weighted by Crippen LogP contribution is -2.34. The molecule has 1 atom stereocenters. The van der Waals surface area contributed by atoms with Crippen LogP contribution in [-0.2, 0) is 16.0 Å². The number of aromatic amines is 1. The second kappa shape index (κ2) is 8.59. The average Bonchev–Trinajstić information content (AvgIpc) is 2.94. The highest BCUT2D eigenvalue weighted by atomic mass is 16.5. The van der Waals surface area contributed by atoms with E-state index in [-0.39, 0.29) is 5.97 Å². The number of hydrogen-bond acceptors (Lipinski definition) is 3. The van der Waals surface area contributed by atoms with E-state index in [0.717, 1.165) is 29.3 Å². The number of hydrogen-bond donors (Lipinski definition) is 2. The topological polar surface area (TPSA) is 68.1 Å². The fraction of sp³-hybridized carbons (Fsp3) is 0.500. The van der Waals surface area contributed by atoms with Crippen molar-refractivity contribution >= 4 is 16.9 Å². The molecule has 3 N–H and O–H groups in total. The van der Waals surface area contributed by atoms with Crippen molar-refractivity contribution in [3.05, 3.63) is 36.0 Å². The van der Waals surface area contributed by atoms with Crippen molar-refractivity contribution in [1.82, 2.24) is 4.98 Å². The third kappa shape index (κ3) is 4.60. The van der Waals surface area contributed by atoms with Gasteiger partial charge in [-0.15, -0.1) is 0 Å². The van der Waals surface area contributed by atoms with Crippen LogP contribution in [0.25, 0.3) is 10.9 Å². The Kier molecular flexibility index (Phi) is 6.46. The Morgan fingerprint density at radius 3 is 2.82 bits per heavy atom. The van der Waals surface area contributed by atoms with Crippen LogP contribution in [0, 0.1) is 0 Å². The van der Waals surface area contributed by atoms with Crippen LogP contribution < -0.4 is 5.73 Å². The third-order valence-electron chi connectivity index (χ3n) is 3.91. The standard InChI is InChI=1S/C18H26N2O2/c1-2-3-4-5-8-11-22-18(21)16(19)12-14-13-20-17-10-7-6-9-15(14)17/h6-7,9-10,13,16,20H,2-5,8,11-12,19H2,1H3/t16-/m1/s1. The molecule has 120 valence electrons. The SMILES string of the molecule is CCCCCCCOC(=O)[C@H](N)Cc1c[nH]c2ccccc12. The molecule has 4 nitrogen and oxygen atoms in total.